The first-order valence-corrected chi connectivity index (χ1v) is 13.9. The summed E-state index contributed by atoms with van der Waals surface area (Å²) < 4.78 is 8.38. The molecule has 6 heteroatoms. The maximum Gasteiger partial charge on any atom is 0.162 e. The second-order valence-corrected chi connectivity index (χ2v) is 10.2. The van der Waals surface area contributed by atoms with Gasteiger partial charge in [-0.05, 0) is 43.9 Å². The molecule has 5 aromatic rings. The largest absolute Gasteiger partial charge is 0.512 e. The van der Waals surface area contributed by atoms with Gasteiger partial charge in [0.25, 0.3) is 0 Å². The number of hydrogen-bond donors (Lipinski definition) is 1. The van der Waals surface area contributed by atoms with E-state index in [1.54, 1.807) is 11.3 Å². The number of rotatable bonds is 8. The fourth-order valence-electron chi connectivity index (χ4n) is 4.62. The molecule has 1 radical (unpaired) electrons. The predicted octanol–water partition coefficient (Wildman–Crippen LogP) is 9.53. The number of furan rings is 1. The van der Waals surface area contributed by atoms with Gasteiger partial charge in [-0.1, -0.05) is 50.6 Å². The first-order chi connectivity index (χ1) is 18.0. The molecule has 1 N–H and O–H groups in total. The molecule has 201 valence electrons. The van der Waals surface area contributed by atoms with E-state index in [9.17, 15) is 9.90 Å². The van der Waals surface area contributed by atoms with Crippen LogP contribution >= 0.6 is 11.3 Å². The first-order valence-electron chi connectivity index (χ1n) is 13.1. The van der Waals surface area contributed by atoms with Crippen LogP contribution in [0.4, 0.5) is 0 Å². The molecular weight excluding hydrogens is 671 g/mol. The number of fused-ring (bicyclic) bond motifs is 4. The van der Waals surface area contributed by atoms with Gasteiger partial charge >= 0.3 is 0 Å². The van der Waals surface area contributed by atoms with E-state index in [2.05, 4.69) is 29.2 Å². The number of hydrogen-bond acceptors (Lipinski definition) is 5. The fourth-order valence-corrected chi connectivity index (χ4v) is 5.77. The zero-order chi connectivity index (χ0) is 26.4. The summed E-state index contributed by atoms with van der Waals surface area (Å²) in [6.45, 7) is 8.07. The standard InChI is InChI=1S/C19H10NOS.C13H24O2.Ir/c1-3-7-15-12(5-1)11-16(21-15)13-9-10-20-18-14-6-2-4-8-17(14)22-19(13)18;1-5-10(6-2)12(14)9-13(15)11(7-3)8-4;/h1-5,7-11H;9-11,14H,5-8H2,1-4H3;/q-1;;/b;12-9-;. The SMILES string of the molecule is CCC(CC)C(=O)/C=C(\O)C(CC)CC.[Ir].[c-]1cccc2sc3c(-c4cc5ccccc5o4)ccnc3c12. The number of ketones is 1. The minimum atomic E-state index is 0. The maximum atomic E-state index is 11.7. The quantitative estimate of drug-likeness (QED) is 0.0993. The smallest absolute Gasteiger partial charge is 0.162 e. The Labute approximate surface area is 242 Å². The van der Waals surface area contributed by atoms with E-state index >= 15 is 0 Å². The molecule has 3 aromatic heterocycles. The summed E-state index contributed by atoms with van der Waals surface area (Å²) in [5.41, 5.74) is 3.00. The van der Waals surface area contributed by atoms with Crippen LogP contribution in [0.1, 0.15) is 53.4 Å². The van der Waals surface area contributed by atoms with Crippen molar-refractivity contribution in [1.29, 1.82) is 0 Å². The van der Waals surface area contributed by atoms with Crippen LogP contribution in [0.15, 0.2) is 77.0 Å². The second-order valence-electron chi connectivity index (χ2n) is 9.19. The third kappa shape index (κ3) is 6.43. The third-order valence-electron chi connectivity index (χ3n) is 6.94. The number of nitrogens with zero attached hydrogens (tertiary/aromatic N) is 1. The van der Waals surface area contributed by atoms with Crippen molar-refractivity contribution in [1.82, 2.24) is 4.98 Å². The van der Waals surface area contributed by atoms with Crippen molar-refractivity contribution in [3.05, 3.63) is 78.7 Å². The minimum Gasteiger partial charge on any atom is -0.512 e. The molecule has 0 aliphatic rings. The van der Waals surface area contributed by atoms with Gasteiger partial charge < -0.3 is 14.5 Å². The van der Waals surface area contributed by atoms with Gasteiger partial charge in [0.05, 0.1) is 5.76 Å². The molecule has 0 amide bonds. The number of aliphatic hydroxyl groups is 1. The Morgan fingerprint density at radius 2 is 1.74 bits per heavy atom. The summed E-state index contributed by atoms with van der Waals surface area (Å²) in [6.07, 6.45) is 6.75. The van der Waals surface area contributed by atoms with Crippen molar-refractivity contribution in [2.75, 3.05) is 0 Å². The molecule has 2 aromatic carbocycles. The van der Waals surface area contributed by atoms with Gasteiger partial charge in [0, 0.05) is 65.4 Å². The molecule has 0 saturated heterocycles. The van der Waals surface area contributed by atoms with Gasteiger partial charge in [0.2, 0.25) is 0 Å². The molecule has 0 fully saturated rings. The molecule has 0 bridgehead atoms. The van der Waals surface area contributed by atoms with E-state index in [1.165, 1.54) is 10.8 Å². The van der Waals surface area contributed by atoms with E-state index in [4.69, 9.17) is 4.42 Å². The fraction of sp³-hybridized carbons (Fsp3) is 0.312. The summed E-state index contributed by atoms with van der Waals surface area (Å²) in [5.74, 6) is 1.44. The van der Waals surface area contributed by atoms with Crippen molar-refractivity contribution in [2.24, 2.45) is 11.8 Å². The Balaban J connectivity index is 0.000000223. The van der Waals surface area contributed by atoms with Crippen molar-refractivity contribution >= 4 is 48.4 Å². The van der Waals surface area contributed by atoms with Crippen LogP contribution in [0.3, 0.4) is 0 Å². The van der Waals surface area contributed by atoms with Crippen molar-refractivity contribution < 1.29 is 34.4 Å². The van der Waals surface area contributed by atoms with Crippen LogP contribution in [-0.2, 0) is 24.9 Å². The van der Waals surface area contributed by atoms with Gasteiger partial charge in [-0.15, -0.1) is 29.7 Å². The Kier molecular flexibility index (Phi) is 10.8. The van der Waals surface area contributed by atoms with Crippen molar-refractivity contribution in [3.8, 4) is 11.3 Å². The third-order valence-corrected chi connectivity index (χ3v) is 8.12. The molecule has 3 heterocycles. The zero-order valence-electron chi connectivity index (χ0n) is 22.3. The molecular formula is C32H34IrNO3S-. The molecule has 5 rings (SSSR count). The average molecular weight is 705 g/mol. The van der Waals surface area contributed by atoms with Gasteiger partial charge in [0.1, 0.15) is 11.3 Å². The molecule has 0 atom stereocenters. The summed E-state index contributed by atoms with van der Waals surface area (Å²) in [6, 6.07) is 21.6. The van der Waals surface area contributed by atoms with E-state index in [1.807, 2.05) is 70.3 Å². The number of para-hydroxylation sites is 1. The van der Waals surface area contributed by atoms with Crippen molar-refractivity contribution in [3.63, 3.8) is 0 Å². The molecule has 4 nitrogen and oxygen atoms in total. The van der Waals surface area contributed by atoms with E-state index in [0.29, 0.717) is 0 Å². The van der Waals surface area contributed by atoms with Crippen LogP contribution < -0.4 is 0 Å². The molecule has 38 heavy (non-hydrogen) atoms. The number of carbonyl (C=O) groups is 1. The van der Waals surface area contributed by atoms with Crippen LogP contribution in [0.5, 0.6) is 0 Å². The van der Waals surface area contributed by atoms with Crippen LogP contribution in [0.2, 0.25) is 0 Å². The van der Waals surface area contributed by atoms with Gasteiger partial charge in [0.15, 0.2) is 5.78 Å². The molecule has 0 unspecified atom stereocenters. The Bertz CT molecular complexity index is 1490. The van der Waals surface area contributed by atoms with Crippen LogP contribution in [-0.4, -0.2) is 15.9 Å². The summed E-state index contributed by atoms with van der Waals surface area (Å²) in [5, 5.41) is 12.0. The Morgan fingerprint density at radius 1 is 1.03 bits per heavy atom. The number of allylic oxidation sites excluding steroid dienone is 2. The maximum absolute atomic E-state index is 11.7. The first kappa shape index (κ1) is 29.8. The van der Waals surface area contributed by atoms with Gasteiger partial charge in [-0.2, -0.15) is 11.3 Å². The summed E-state index contributed by atoms with van der Waals surface area (Å²) in [4.78, 5) is 16.3. The summed E-state index contributed by atoms with van der Waals surface area (Å²) >= 11 is 1.74. The second kappa shape index (κ2) is 13.8. The Hall–Kier alpha value is -2.79. The minimum absolute atomic E-state index is 0. The van der Waals surface area contributed by atoms with Gasteiger partial charge in [-0.3, -0.25) is 4.79 Å². The van der Waals surface area contributed by atoms with Crippen LogP contribution in [0.25, 0.3) is 42.6 Å². The normalized spacial score (nSPS) is 11.7. The average Bonchev–Trinajstić information content (AvgIpc) is 3.52. The number of benzene rings is 2. The molecule has 0 aliphatic heterocycles. The monoisotopic (exact) mass is 705 g/mol. The van der Waals surface area contributed by atoms with E-state index < -0.39 is 0 Å². The molecule has 0 saturated carbocycles. The predicted molar refractivity (Wildman–Crippen MR) is 155 cm³/mol. The number of aromatic nitrogens is 1. The van der Waals surface area contributed by atoms with Crippen molar-refractivity contribution in [2.45, 2.75) is 53.4 Å². The number of thiophene rings is 1. The molecule has 0 spiro atoms. The van der Waals surface area contributed by atoms with Gasteiger partial charge in [-0.25, -0.2) is 0 Å². The van der Waals surface area contributed by atoms with Crippen LogP contribution in [0, 0.1) is 17.9 Å². The summed E-state index contributed by atoms with van der Waals surface area (Å²) in [7, 11) is 0. The Morgan fingerprint density at radius 3 is 2.42 bits per heavy atom. The van der Waals surface area contributed by atoms with E-state index in [0.717, 1.165) is 63.6 Å². The number of aliphatic hydroxyl groups excluding tert-OH is 1. The zero-order valence-corrected chi connectivity index (χ0v) is 25.5. The topological polar surface area (TPSA) is 63.3 Å². The molecule has 0 aliphatic carbocycles. The number of carbonyl (C=O) groups excluding carboxylic acids is 1. The number of pyridine rings is 1. The van der Waals surface area contributed by atoms with E-state index in [-0.39, 0.29) is 43.5 Å².